The Hall–Kier alpha value is -1.39. The largest absolute Gasteiger partial charge is 0.383 e. The van der Waals surface area contributed by atoms with Gasteiger partial charge in [-0.25, -0.2) is 13.1 Å². The fourth-order valence-electron chi connectivity index (χ4n) is 2.66. The standard InChI is InChI=1S/C16H26N4O4S.ClH/c1-17-25(22,23)13-5-6-14(19-8-9-24-2)15(10-13)20-16(21)12-4-3-7-18-11-12;/h5-6,10,12,17-19H,3-4,7-9,11H2,1-2H3,(H,20,21);1H. The third kappa shape index (κ3) is 6.10. The van der Waals surface area contributed by atoms with Gasteiger partial charge in [-0.05, 0) is 44.6 Å². The van der Waals surface area contributed by atoms with Crippen molar-refractivity contribution in [1.29, 1.82) is 0 Å². The molecule has 0 bridgehead atoms. The number of sulfonamides is 1. The molecule has 1 unspecified atom stereocenters. The maximum Gasteiger partial charge on any atom is 0.240 e. The van der Waals surface area contributed by atoms with Gasteiger partial charge in [-0.1, -0.05) is 0 Å². The van der Waals surface area contributed by atoms with E-state index in [-0.39, 0.29) is 29.1 Å². The molecule has 10 heteroatoms. The number of hydrogen-bond donors (Lipinski definition) is 4. The van der Waals surface area contributed by atoms with E-state index < -0.39 is 10.0 Å². The number of benzene rings is 1. The van der Waals surface area contributed by atoms with Crippen LogP contribution in [0.3, 0.4) is 0 Å². The van der Waals surface area contributed by atoms with Gasteiger partial charge in [-0.3, -0.25) is 4.79 Å². The first kappa shape index (κ1) is 22.7. The zero-order valence-corrected chi connectivity index (χ0v) is 16.6. The zero-order chi connectivity index (χ0) is 18.3. The van der Waals surface area contributed by atoms with Crippen molar-refractivity contribution in [3.05, 3.63) is 18.2 Å². The molecule has 1 atom stereocenters. The average molecular weight is 407 g/mol. The summed E-state index contributed by atoms with van der Waals surface area (Å²) in [5, 5.41) is 9.22. The quantitative estimate of drug-likeness (QED) is 0.480. The lowest BCUT2D eigenvalue weighted by atomic mass is 9.99. The summed E-state index contributed by atoms with van der Waals surface area (Å²) in [5.74, 6) is -0.230. The molecule has 0 aromatic heterocycles. The minimum atomic E-state index is -3.59. The summed E-state index contributed by atoms with van der Waals surface area (Å²) in [6.45, 7) is 2.59. The molecule has 1 aliphatic heterocycles. The van der Waals surface area contributed by atoms with Gasteiger partial charge in [0.2, 0.25) is 15.9 Å². The monoisotopic (exact) mass is 406 g/mol. The van der Waals surface area contributed by atoms with Crippen LogP contribution in [0.5, 0.6) is 0 Å². The fourth-order valence-corrected chi connectivity index (χ4v) is 3.42. The first-order chi connectivity index (χ1) is 12.0. The lowest BCUT2D eigenvalue weighted by Gasteiger charge is -2.23. The van der Waals surface area contributed by atoms with E-state index in [1.165, 1.54) is 19.2 Å². The van der Waals surface area contributed by atoms with Crippen molar-refractivity contribution >= 4 is 39.7 Å². The number of carbonyl (C=O) groups excluding carboxylic acids is 1. The number of piperidine rings is 1. The predicted molar refractivity (Wildman–Crippen MR) is 105 cm³/mol. The maximum atomic E-state index is 12.5. The first-order valence-corrected chi connectivity index (χ1v) is 9.78. The number of rotatable bonds is 8. The lowest BCUT2D eigenvalue weighted by molar-refractivity contribution is -0.120. The number of ether oxygens (including phenoxy) is 1. The summed E-state index contributed by atoms with van der Waals surface area (Å²) in [4.78, 5) is 12.6. The van der Waals surface area contributed by atoms with Crippen molar-refractivity contribution in [1.82, 2.24) is 10.0 Å². The zero-order valence-electron chi connectivity index (χ0n) is 15.0. The number of carbonyl (C=O) groups is 1. The second-order valence-electron chi connectivity index (χ2n) is 5.87. The number of hydrogen-bond acceptors (Lipinski definition) is 6. The molecule has 1 fully saturated rings. The Labute approximate surface area is 160 Å². The lowest BCUT2D eigenvalue weighted by Crippen LogP contribution is -2.37. The summed E-state index contributed by atoms with van der Waals surface area (Å²) in [5.41, 5.74) is 1.10. The van der Waals surface area contributed by atoms with E-state index in [0.29, 0.717) is 31.1 Å². The third-order valence-corrected chi connectivity index (χ3v) is 5.53. The van der Waals surface area contributed by atoms with E-state index in [1.807, 2.05) is 0 Å². The molecule has 1 heterocycles. The van der Waals surface area contributed by atoms with Crippen molar-refractivity contribution in [3.63, 3.8) is 0 Å². The van der Waals surface area contributed by atoms with E-state index in [9.17, 15) is 13.2 Å². The fraction of sp³-hybridized carbons (Fsp3) is 0.562. The molecular weight excluding hydrogens is 380 g/mol. The molecule has 26 heavy (non-hydrogen) atoms. The van der Waals surface area contributed by atoms with Crippen LogP contribution in [0, 0.1) is 5.92 Å². The highest BCUT2D eigenvalue weighted by Gasteiger charge is 2.22. The van der Waals surface area contributed by atoms with E-state index >= 15 is 0 Å². The summed E-state index contributed by atoms with van der Waals surface area (Å²) in [7, 11) is -0.636. The number of methoxy groups -OCH3 is 1. The van der Waals surface area contributed by atoms with Gasteiger partial charge < -0.3 is 20.7 Å². The Morgan fingerprint density at radius 3 is 2.73 bits per heavy atom. The first-order valence-electron chi connectivity index (χ1n) is 8.30. The van der Waals surface area contributed by atoms with Crippen LogP contribution in [-0.4, -0.2) is 54.7 Å². The van der Waals surface area contributed by atoms with Crippen LogP contribution in [0.4, 0.5) is 11.4 Å². The number of nitrogens with one attached hydrogen (secondary N) is 4. The molecule has 1 aromatic rings. The van der Waals surface area contributed by atoms with Gasteiger partial charge in [-0.2, -0.15) is 0 Å². The minimum absolute atomic E-state index is 0. The summed E-state index contributed by atoms with van der Waals surface area (Å²) in [6, 6.07) is 4.61. The van der Waals surface area contributed by atoms with Crippen molar-refractivity contribution in [2.75, 3.05) is 51.0 Å². The Balaban J connectivity index is 0.00000338. The number of halogens is 1. The van der Waals surface area contributed by atoms with Gasteiger partial charge >= 0.3 is 0 Å². The van der Waals surface area contributed by atoms with Crippen LogP contribution in [0.25, 0.3) is 0 Å². The van der Waals surface area contributed by atoms with Crippen LogP contribution < -0.4 is 20.7 Å². The van der Waals surface area contributed by atoms with Crippen LogP contribution in [0.1, 0.15) is 12.8 Å². The highest BCUT2D eigenvalue weighted by molar-refractivity contribution is 7.89. The molecule has 0 saturated carbocycles. The molecule has 1 saturated heterocycles. The van der Waals surface area contributed by atoms with Gasteiger partial charge in [0.05, 0.1) is 28.8 Å². The normalized spacial score (nSPS) is 17.2. The van der Waals surface area contributed by atoms with Gasteiger partial charge in [0.25, 0.3) is 0 Å². The van der Waals surface area contributed by atoms with Crippen LogP contribution in [0.15, 0.2) is 23.1 Å². The Kier molecular flexibility index (Phi) is 9.31. The molecule has 1 amide bonds. The molecule has 0 aliphatic carbocycles. The van der Waals surface area contributed by atoms with E-state index in [4.69, 9.17) is 4.74 Å². The van der Waals surface area contributed by atoms with Crippen molar-refractivity contribution in [2.24, 2.45) is 5.92 Å². The molecule has 0 spiro atoms. The summed E-state index contributed by atoms with van der Waals surface area (Å²) in [6.07, 6.45) is 1.77. The van der Waals surface area contributed by atoms with Crippen LogP contribution in [-0.2, 0) is 19.6 Å². The van der Waals surface area contributed by atoms with E-state index in [0.717, 1.165) is 19.4 Å². The van der Waals surface area contributed by atoms with Crippen LogP contribution >= 0.6 is 12.4 Å². The smallest absolute Gasteiger partial charge is 0.240 e. The third-order valence-electron chi connectivity index (χ3n) is 4.12. The predicted octanol–water partition coefficient (Wildman–Crippen LogP) is 1.01. The maximum absolute atomic E-state index is 12.5. The second kappa shape index (κ2) is 10.7. The van der Waals surface area contributed by atoms with Crippen molar-refractivity contribution < 1.29 is 17.9 Å². The molecule has 0 radical (unpaired) electrons. The average Bonchev–Trinajstić information content (AvgIpc) is 2.63. The van der Waals surface area contributed by atoms with Gasteiger partial charge in [0.1, 0.15) is 0 Å². The Morgan fingerprint density at radius 1 is 1.35 bits per heavy atom. The molecular formula is C16H27ClN4O4S. The Bertz CT molecular complexity index is 693. The molecule has 1 aromatic carbocycles. The Morgan fingerprint density at radius 2 is 2.12 bits per heavy atom. The second-order valence-corrected chi connectivity index (χ2v) is 7.75. The number of anilines is 2. The molecule has 8 nitrogen and oxygen atoms in total. The molecule has 148 valence electrons. The minimum Gasteiger partial charge on any atom is -0.383 e. The highest BCUT2D eigenvalue weighted by atomic mass is 35.5. The SMILES string of the molecule is CNS(=O)(=O)c1ccc(NCCOC)c(NC(=O)C2CCCNC2)c1.Cl. The van der Waals surface area contributed by atoms with E-state index in [2.05, 4.69) is 20.7 Å². The van der Waals surface area contributed by atoms with Crippen molar-refractivity contribution in [3.8, 4) is 0 Å². The molecule has 1 aliphatic rings. The van der Waals surface area contributed by atoms with Gasteiger partial charge in [-0.15, -0.1) is 12.4 Å². The topological polar surface area (TPSA) is 109 Å². The van der Waals surface area contributed by atoms with Crippen molar-refractivity contribution in [2.45, 2.75) is 17.7 Å². The van der Waals surface area contributed by atoms with Crippen LogP contribution in [0.2, 0.25) is 0 Å². The molecule has 4 N–H and O–H groups in total. The summed E-state index contributed by atoms with van der Waals surface area (Å²) < 4.78 is 31.4. The highest BCUT2D eigenvalue weighted by Crippen LogP contribution is 2.26. The number of amides is 1. The molecule has 2 rings (SSSR count). The van der Waals surface area contributed by atoms with Gasteiger partial charge in [0, 0.05) is 20.2 Å². The van der Waals surface area contributed by atoms with E-state index in [1.54, 1.807) is 13.2 Å². The van der Waals surface area contributed by atoms with Gasteiger partial charge in [0.15, 0.2) is 0 Å². The summed E-state index contributed by atoms with van der Waals surface area (Å²) >= 11 is 0.